The van der Waals surface area contributed by atoms with Crippen LogP contribution in [0, 0.1) is 5.92 Å². The minimum Gasteiger partial charge on any atom is -0.475 e. The molecule has 1 aliphatic carbocycles. The number of alkyl halides is 3. The van der Waals surface area contributed by atoms with Crippen molar-refractivity contribution in [2.75, 3.05) is 6.54 Å². The Morgan fingerprint density at radius 2 is 1.79 bits per heavy atom. The summed E-state index contributed by atoms with van der Waals surface area (Å²) in [6, 6.07) is 9.63. The predicted molar refractivity (Wildman–Crippen MR) is 134 cm³/mol. The van der Waals surface area contributed by atoms with Crippen LogP contribution in [0.4, 0.5) is 13.2 Å². The van der Waals surface area contributed by atoms with Crippen molar-refractivity contribution in [3.05, 3.63) is 72.7 Å². The molecule has 1 amide bonds. The van der Waals surface area contributed by atoms with Crippen LogP contribution in [0.15, 0.2) is 61.3 Å². The smallest absolute Gasteiger partial charge is 0.475 e. The number of amides is 1. The van der Waals surface area contributed by atoms with Gasteiger partial charge in [-0.3, -0.25) is 14.5 Å². The van der Waals surface area contributed by atoms with E-state index in [0.29, 0.717) is 30.4 Å². The number of pyridine rings is 1. The molecule has 39 heavy (non-hydrogen) atoms. The fraction of sp³-hybridized carbons (Fsp3) is 0.308. The van der Waals surface area contributed by atoms with Gasteiger partial charge in [-0.15, -0.1) is 0 Å². The van der Waals surface area contributed by atoms with Crippen LogP contribution in [0.3, 0.4) is 0 Å². The van der Waals surface area contributed by atoms with Crippen molar-refractivity contribution >= 4 is 11.9 Å². The Labute approximate surface area is 221 Å². The van der Waals surface area contributed by atoms with Crippen LogP contribution in [0.1, 0.15) is 29.0 Å². The first-order valence-electron chi connectivity index (χ1n) is 12.1. The topological polar surface area (TPSA) is 128 Å². The van der Waals surface area contributed by atoms with Gasteiger partial charge in [-0.2, -0.15) is 18.3 Å². The average Bonchev–Trinajstić information content (AvgIpc) is 3.46. The number of nitrogens with one attached hydrogen (secondary N) is 1. The summed E-state index contributed by atoms with van der Waals surface area (Å²) < 4.78 is 35.5. The molecule has 5 rings (SSSR count). The standard InChI is InChI=1S/C24H25N7O.C2HF3O2/c1-30-21(8-11-29-30)23-27-13-19(14-28-23)18-12-22(31(16-18)15-17-5-6-17)24(32)26-10-7-20-4-2-3-9-25-20;3-2(4,5)1(6)7/h2-4,8-9,11-14,16-17H,5-7,10,15H2,1H3,(H,26,32);(H,6,7). The zero-order chi connectivity index (χ0) is 28.0. The maximum absolute atomic E-state index is 13.0. The third-order valence-electron chi connectivity index (χ3n) is 5.95. The maximum Gasteiger partial charge on any atom is 0.490 e. The average molecular weight is 542 g/mol. The van der Waals surface area contributed by atoms with Crippen molar-refractivity contribution in [3.63, 3.8) is 0 Å². The van der Waals surface area contributed by atoms with Gasteiger partial charge >= 0.3 is 12.1 Å². The molecule has 2 N–H and O–H groups in total. The molecule has 4 aromatic heterocycles. The lowest BCUT2D eigenvalue weighted by Gasteiger charge is -2.09. The van der Waals surface area contributed by atoms with Gasteiger partial charge in [-0.1, -0.05) is 6.07 Å². The van der Waals surface area contributed by atoms with E-state index in [1.807, 2.05) is 43.6 Å². The van der Waals surface area contributed by atoms with E-state index in [4.69, 9.17) is 9.90 Å². The molecule has 1 aliphatic rings. The highest BCUT2D eigenvalue weighted by Crippen LogP contribution is 2.32. The molecule has 13 heteroatoms. The molecule has 0 radical (unpaired) electrons. The summed E-state index contributed by atoms with van der Waals surface area (Å²) in [5.74, 6) is -1.55. The molecule has 10 nitrogen and oxygen atoms in total. The Kier molecular flexibility index (Phi) is 8.37. The lowest BCUT2D eigenvalue weighted by molar-refractivity contribution is -0.192. The normalized spacial score (nSPS) is 12.9. The Morgan fingerprint density at radius 1 is 1.08 bits per heavy atom. The number of carboxylic acids is 1. The monoisotopic (exact) mass is 541 g/mol. The molecular formula is C26H26F3N7O3. The third kappa shape index (κ3) is 7.49. The van der Waals surface area contributed by atoms with Crippen molar-refractivity contribution in [3.8, 4) is 22.6 Å². The number of carbonyl (C=O) groups excluding carboxylic acids is 1. The number of nitrogens with zero attached hydrogens (tertiary/aromatic N) is 6. The zero-order valence-electron chi connectivity index (χ0n) is 21.0. The van der Waals surface area contributed by atoms with E-state index in [9.17, 15) is 18.0 Å². The fourth-order valence-corrected chi connectivity index (χ4v) is 3.73. The van der Waals surface area contributed by atoms with Crippen LogP contribution in [-0.2, 0) is 24.8 Å². The van der Waals surface area contributed by atoms with Gasteiger partial charge in [0.05, 0.1) is 0 Å². The first-order valence-corrected chi connectivity index (χ1v) is 12.1. The molecule has 0 spiro atoms. The quantitative estimate of drug-likeness (QED) is 0.348. The van der Waals surface area contributed by atoms with Gasteiger partial charge in [0.25, 0.3) is 5.91 Å². The SMILES string of the molecule is Cn1nccc1-c1ncc(-c2cc(C(=O)NCCc3ccccn3)n(CC3CC3)c2)cn1.O=C(O)C(F)(F)F. The number of aryl methyl sites for hydroxylation is 1. The number of rotatable bonds is 8. The number of carbonyl (C=O) groups is 2. The lowest BCUT2D eigenvalue weighted by atomic mass is 10.2. The molecule has 4 aromatic rings. The summed E-state index contributed by atoms with van der Waals surface area (Å²) in [5.41, 5.74) is 4.32. The van der Waals surface area contributed by atoms with Gasteiger partial charge in [0.2, 0.25) is 0 Å². The number of carboxylic acid groups (broad SMARTS) is 1. The molecule has 204 valence electrons. The molecule has 0 atom stereocenters. The molecule has 4 heterocycles. The van der Waals surface area contributed by atoms with Crippen molar-refractivity contribution in [2.24, 2.45) is 13.0 Å². The van der Waals surface area contributed by atoms with Crippen molar-refractivity contribution in [2.45, 2.75) is 32.0 Å². The van der Waals surface area contributed by atoms with Gasteiger partial charge in [-0.25, -0.2) is 14.8 Å². The van der Waals surface area contributed by atoms with E-state index in [1.165, 1.54) is 12.8 Å². The molecule has 0 saturated heterocycles. The van der Waals surface area contributed by atoms with E-state index in [0.717, 1.165) is 29.1 Å². The maximum atomic E-state index is 13.0. The third-order valence-corrected chi connectivity index (χ3v) is 5.95. The van der Waals surface area contributed by atoms with E-state index >= 15 is 0 Å². The van der Waals surface area contributed by atoms with Crippen LogP contribution in [0.25, 0.3) is 22.6 Å². The summed E-state index contributed by atoms with van der Waals surface area (Å²) in [6.07, 6.45) is 7.19. The minimum atomic E-state index is -5.08. The second-order valence-electron chi connectivity index (χ2n) is 8.98. The Morgan fingerprint density at radius 3 is 2.36 bits per heavy atom. The van der Waals surface area contributed by atoms with Crippen LogP contribution < -0.4 is 5.32 Å². The van der Waals surface area contributed by atoms with Crippen molar-refractivity contribution in [1.82, 2.24) is 34.6 Å². The lowest BCUT2D eigenvalue weighted by Crippen LogP contribution is -2.28. The first kappa shape index (κ1) is 27.5. The molecule has 0 bridgehead atoms. The van der Waals surface area contributed by atoms with Crippen molar-refractivity contribution < 1.29 is 27.9 Å². The Bertz CT molecular complexity index is 1410. The predicted octanol–water partition coefficient (Wildman–Crippen LogP) is 3.76. The van der Waals surface area contributed by atoms with Crippen molar-refractivity contribution in [1.29, 1.82) is 0 Å². The molecule has 0 aromatic carbocycles. The summed E-state index contributed by atoms with van der Waals surface area (Å²) >= 11 is 0. The first-order chi connectivity index (χ1) is 18.6. The van der Waals surface area contributed by atoms with E-state index in [-0.39, 0.29) is 5.91 Å². The number of aromatic nitrogens is 6. The van der Waals surface area contributed by atoms with Gasteiger partial charge in [0.15, 0.2) is 5.82 Å². The zero-order valence-corrected chi connectivity index (χ0v) is 21.0. The van der Waals surface area contributed by atoms with Gasteiger partial charge < -0.3 is 15.0 Å². The van der Waals surface area contributed by atoms with E-state index in [2.05, 4.69) is 29.9 Å². The van der Waals surface area contributed by atoms with E-state index < -0.39 is 12.1 Å². The van der Waals surface area contributed by atoms with Crippen LogP contribution in [0.5, 0.6) is 0 Å². The highest BCUT2D eigenvalue weighted by Gasteiger charge is 2.38. The molecular weight excluding hydrogens is 515 g/mol. The summed E-state index contributed by atoms with van der Waals surface area (Å²) in [5, 5.41) is 14.3. The van der Waals surface area contributed by atoms with Crippen LogP contribution >= 0.6 is 0 Å². The highest BCUT2D eigenvalue weighted by atomic mass is 19.4. The molecule has 0 aliphatic heterocycles. The van der Waals surface area contributed by atoms with Gasteiger partial charge in [-0.05, 0) is 43.0 Å². The van der Waals surface area contributed by atoms with E-state index in [1.54, 1.807) is 29.5 Å². The Balaban J connectivity index is 0.000000448. The number of aliphatic carboxylic acids is 1. The fourth-order valence-electron chi connectivity index (χ4n) is 3.73. The number of hydrogen-bond donors (Lipinski definition) is 2. The highest BCUT2D eigenvalue weighted by molar-refractivity contribution is 5.94. The van der Waals surface area contributed by atoms with Crippen LogP contribution in [-0.4, -0.2) is 59.0 Å². The number of halogens is 3. The summed E-state index contributed by atoms with van der Waals surface area (Å²) in [7, 11) is 1.86. The molecule has 1 fully saturated rings. The minimum absolute atomic E-state index is 0.0692. The van der Waals surface area contributed by atoms with Gasteiger partial charge in [0, 0.05) is 74.4 Å². The van der Waals surface area contributed by atoms with Gasteiger partial charge in [0.1, 0.15) is 11.4 Å². The second-order valence-corrected chi connectivity index (χ2v) is 8.98. The molecule has 0 unspecified atom stereocenters. The second kappa shape index (κ2) is 11.9. The Hall–Kier alpha value is -4.55. The van der Waals surface area contributed by atoms with Crippen LogP contribution in [0.2, 0.25) is 0 Å². The summed E-state index contributed by atoms with van der Waals surface area (Å²) in [4.78, 5) is 35.2. The molecule has 1 saturated carbocycles. The summed E-state index contributed by atoms with van der Waals surface area (Å²) in [6.45, 7) is 1.40. The largest absolute Gasteiger partial charge is 0.490 e. The number of hydrogen-bond acceptors (Lipinski definition) is 6.